The van der Waals surface area contributed by atoms with Crippen LogP contribution >= 0.6 is 11.3 Å². The first-order valence-corrected chi connectivity index (χ1v) is 8.84. The van der Waals surface area contributed by atoms with Crippen LogP contribution in [-0.4, -0.2) is 23.5 Å². The summed E-state index contributed by atoms with van der Waals surface area (Å²) < 4.78 is 4.98. The second-order valence-electron chi connectivity index (χ2n) is 5.38. The molecule has 0 saturated carbocycles. The number of hydrogen-bond donors (Lipinski definition) is 2. The van der Waals surface area contributed by atoms with E-state index in [2.05, 4.69) is 10.3 Å². The molecule has 3 N–H and O–H groups in total. The van der Waals surface area contributed by atoms with E-state index in [1.165, 1.54) is 12.3 Å². The van der Waals surface area contributed by atoms with Crippen molar-refractivity contribution in [1.82, 2.24) is 4.98 Å². The highest BCUT2D eigenvalue weighted by atomic mass is 32.1. The third-order valence-electron chi connectivity index (χ3n) is 3.61. The zero-order chi connectivity index (χ0) is 18.5. The molecule has 0 spiro atoms. The highest BCUT2D eigenvalue weighted by Crippen LogP contribution is 2.26. The second kappa shape index (κ2) is 7.79. The van der Waals surface area contributed by atoms with Crippen LogP contribution in [0.15, 0.2) is 48.0 Å². The van der Waals surface area contributed by atoms with E-state index in [0.29, 0.717) is 16.6 Å². The molecule has 0 fully saturated rings. The van der Waals surface area contributed by atoms with Crippen molar-refractivity contribution in [1.29, 1.82) is 0 Å². The molecule has 6 nitrogen and oxygen atoms in total. The Balaban J connectivity index is 1.84. The smallest absolute Gasteiger partial charge is 0.341 e. The number of esters is 1. The first-order valence-electron chi connectivity index (χ1n) is 7.96. The number of anilines is 2. The Labute approximate surface area is 154 Å². The number of pyridine rings is 1. The van der Waals surface area contributed by atoms with Crippen molar-refractivity contribution in [2.75, 3.05) is 17.7 Å². The summed E-state index contributed by atoms with van der Waals surface area (Å²) in [6, 6.07) is 9.00. The molecule has 26 heavy (non-hydrogen) atoms. The third-order valence-corrected chi connectivity index (χ3v) is 4.45. The Morgan fingerprint density at radius 3 is 2.92 bits per heavy atom. The molecule has 0 atom stereocenters. The minimum absolute atomic E-state index is 0.209. The van der Waals surface area contributed by atoms with Gasteiger partial charge in [0.1, 0.15) is 5.56 Å². The van der Waals surface area contributed by atoms with E-state index in [1.807, 2.05) is 17.5 Å². The van der Waals surface area contributed by atoms with Gasteiger partial charge in [0.2, 0.25) is 5.91 Å². The van der Waals surface area contributed by atoms with Crippen LogP contribution in [0.5, 0.6) is 0 Å². The fraction of sp³-hybridized carbons (Fsp3) is 0.105. The summed E-state index contributed by atoms with van der Waals surface area (Å²) in [6.07, 6.45) is 4.61. The average Bonchev–Trinajstić information content (AvgIpc) is 3.14. The van der Waals surface area contributed by atoms with Gasteiger partial charge in [-0.25, -0.2) is 4.79 Å². The summed E-state index contributed by atoms with van der Waals surface area (Å²) >= 11 is 1.55. The maximum absolute atomic E-state index is 12.1. The number of carbonyl (C=O) groups is 2. The third kappa shape index (κ3) is 3.89. The first-order chi connectivity index (χ1) is 12.6. The van der Waals surface area contributed by atoms with Gasteiger partial charge in [0, 0.05) is 28.2 Å². The van der Waals surface area contributed by atoms with Crippen LogP contribution < -0.4 is 11.1 Å². The summed E-state index contributed by atoms with van der Waals surface area (Å²) in [5, 5.41) is 5.30. The number of fused-ring (bicyclic) bond motifs is 1. The zero-order valence-corrected chi connectivity index (χ0v) is 14.9. The molecule has 7 heteroatoms. The van der Waals surface area contributed by atoms with Gasteiger partial charge in [0.25, 0.3) is 0 Å². The Morgan fingerprint density at radius 2 is 2.19 bits per heavy atom. The molecule has 2 aromatic heterocycles. The predicted molar refractivity (Wildman–Crippen MR) is 104 cm³/mol. The van der Waals surface area contributed by atoms with Gasteiger partial charge in [0.15, 0.2) is 0 Å². The van der Waals surface area contributed by atoms with Crippen LogP contribution in [0.2, 0.25) is 0 Å². The van der Waals surface area contributed by atoms with Crippen LogP contribution in [0, 0.1) is 0 Å². The molecule has 0 aliphatic heterocycles. The zero-order valence-electron chi connectivity index (χ0n) is 14.1. The number of nitrogens with zero attached hydrogens (tertiary/aromatic N) is 1. The number of rotatable bonds is 5. The molecule has 2 heterocycles. The molecule has 1 aromatic carbocycles. The van der Waals surface area contributed by atoms with Gasteiger partial charge in [-0.1, -0.05) is 6.07 Å². The highest BCUT2D eigenvalue weighted by Gasteiger charge is 2.14. The van der Waals surface area contributed by atoms with E-state index in [-0.39, 0.29) is 23.8 Å². The monoisotopic (exact) mass is 367 g/mol. The number of aromatic nitrogens is 1. The van der Waals surface area contributed by atoms with Gasteiger partial charge in [-0.3, -0.25) is 9.78 Å². The van der Waals surface area contributed by atoms with Crippen LogP contribution in [0.1, 0.15) is 22.2 Å². The Hall–Kier alpha value is -3.19. The lowest BCUT2D eigenvalue weighted by atomic mass is 10.1. The fourth-order valence-electron chi connectivity index (χ4n) is 2.39. The predicted octanol–water partition coefficient (Wildman–Crippen LogP) is 3.71. The van der Waals surface area contributed by atoms with Gasteiger partial charge >= 0.3 is 5.97 Å². The number of nitrogen functional groups attached to an aromatic ring is 1. The maximum Gasteiger partial charge on any atom is 0.341 e. The second-order valence-corrected chi connectivity index (χ2v) is 6.36. The van der Waals surface area contributed by atoms with Crippen molar-refractivity contribution in [3.63, 3.8) is 0 Å². The number of carbonyl (C=O) groups excluding carboxylic acids is 2. The molecule has 0 radical (unpaired) electrons. The van der Waals surface area contributed by atoms with Gasteiger partial charge < -0.3 is 15.8 Å². The summed E-state index contributed by atoms with van der Waals surface area (Å²) in [5.74, 6) is -0.779. The van der Waals surface area contributed by atoms with E-state index < -0.39 is 5.97 Å². The molecular weight excluding hydrogens is 350 g/mol. The minimum atomic E-state index is -0.521. The van der Waals surface area contributed by atoms with E-state index in [9.17, 15) is 9.59 Å². The Bertz CT molecular complexity index is 981. The van der Waals surface area contributed by atoms with Gasteiger partial charge in [-0.15, -0.1) is 11.3 Å². The number of thiophene rings is 1. The summed E-state index contributed by atoms with van der Waals surface area (Å²) in [7, 11) is 0. The number of hydrogen-bond acceptors (Lipinski definition) is 6. The Morgan fingerprint density at radius 1 is 1.35 bits per heavy atom. The summed E-state index contributed by atoms with van der Waals surface area (Å²) in [4.78, 5) is 29.2. The van der Waals surface area contributed by atoms with Gasteiger partial charge in [-0.2, -0.15) is 0 Å². The number of ether oxygens (including phenoxy) is 1. The van der Waals surface area contributed by atoms with E-state index in [0.717, 1.165) is 4.88 Å². The fourth-order valence-corrected chi connectivity index (χ4v) is 3.01. The average molecular weight is 367 g/mol. The highest BCUT2D eigenvalue weighted by molar-refractivity contribution is 7.10. The first kappa shape index (κ1) is 17.6. The molecule has 3 aromatic rings. The number of nitrogens with one attached hydrogen (secondary N) is 1. The molecule has 0 unspecified atom stereocenters. The Kier molecular flexibility index (Phi) is 5.28. The standard InChI is InChI=1S/C19H17N3O3S/c1-2-25-19(24)15-11-21-16-7-5-12(10-14(16)18(15)20)22-17(23)8-6-13-4-3-9-26-13/h3-11H,2H2,1H3,(H2,20,21)(H,22,23)/b8-6+. The van der Waals surface area contributed by atoms with Gasteiger partial charge in [-0.05, 0) is 42.6 Å². The molecule has 3 rings (SSSR count). The van der Waals surface area contributed by atoms with Crippen molar-refractivity contribution in [3.8, 4) is 0 Å². The van der Waals surface area contributed by atoms with E-state index in [4.69, 9.17) is 10.5 Å². The topological polar surface area (TPSA) is 94.3 Å². The van der Waals surface area contributed by atoms with Gasteiger partial charge in [0.05, 0.1) is 17.8 Å². The van der Waals surface area contributed by atoms with Crippen molar-refractivity contribution >= 4 is 51.6 Å². The maximum atomic E-state index is 12.1. The van der Waals surface area contributed by atoms with E-state index >= 15 is 0 Å². The van der Waals surface area contributed by atoms with Crippen molar-refractivity contribution in [2.45, 2.75) is 6.92 Å². The van der Waals surface area contributed by atoms with E-state index in [1.54, 1.807) is 42.5 Å². The number of amides is 1. The molecular formula is C19H17N3O3S. The summed E-state index contributed by atoms with van der Waals surface area (Å²) in [6.45, 7) is 1.98. The van der Waals surface area contributed by atoms with Crippen molar-refractivity contribution in [3.05, 3.63) is 58.4 Å². The molecule has 0 saturated heterocycles. The van der Waals surface area contributed by atoms with Crippen LogP contribution in [0.4, 0.5) is 11.4 Å². The van der Waals surface area contributed by atoms with Crippen LogP contribution in [-0.2, 0) is 9.53 Å². The lowest BCUT2D eigenvalue weighted by Gasteiger charge is -2.09. The largest absolute Gasteiger partial charge is 0.462 e. The van der Waals surface area contributed by atoms with Crippen LogP contribution in [0.25, 0.3) is 17.0 Å². The normalized spacial score (nSPS) is 11.0. The number of nitrogens with two attached hydrogens (primary N) is 1. The molecule has 0 aliphatic rings. The van der Waals surface area contributed by atoms with Crippen molar-refractivity contribution in [2.24, 2.45) is 0 Å². The quantitative estimate of drug-likeness (QED) is 0.529. The molecule has 0 aliphatic carbocycles. The lowest BCUT2D eigenvalue weighted by molar-refractivity contribution is -0.111. The van der Waals surface area contributed by atoms with Crippen molar-refractivity contribution < 1.29 is 14.3 Å². The molecule has 1 amide bonds. The minimum Gasteiger partial charge on any atom is -0.462 e. The van der Waals surface area contributed by atoms with Crippen LogP contribution in [0.3, 0.4) is 0 Å². The molecule has 132 valence electrons. The molecule has 0 bridgehead atoms. The SMILES string of the molecule is CCOC(=O)c1cnc2ccc(NC(=O)/C=C/c3cccs3)cc2c1N. The summed E-state index contributed by atoms with van der Waals surface area (Å²) in [5.41, 5.74) is 7.78. The lowest BCUT2D eigenvalue weighted by Crippen LogP contribution is -2.10. The number of benzene rings is 1.